The Kier molecular flexibility index (Phi) is 8.85. The number of guanidine groups is 1. The normalized spacial score (nSPS) is 24.5. The molecule has 5 rings (SSSR count). The number of nitrogens with two attached hydrogens (primary N) is 2. The van der Waals surface area contributed by atoms with Crippen molar-refractivity contribution < 1.29 is 29.1 Å². The number of aliphatic imine (C=N–C) groups is 1. The van der Waals surface area contributed by atoms with Gasteiger partial charge >= 0.3 is 5.97 Å². The molecule has 0 saturated carbocycles. The average Bonchev–Trinajstić information content (AvgIpc) is 2.94. The summed E-state index contributed by atoms with van der Waals surface area (Å²) < 4.78 is 0. The standard InChI is InChI=1S/C28H33N7O6/c29-27(30)31-13-7-12-19-23(38)33-20(14-21(36)37)24(39)34-28(15-17-8-3-1-4-9-17)16-35(26(28)41)22(25(40)32-19)18-10-5-2-6-11-18/h1-6,8-11,19-20,22H,7,12-16H2,(H,32,40)(H,33,38)(H,34,39)(H,36,37)(H4,29,30,31)/t19-,20-,22+,28-/m0/s1. The summed E-state index contributed by atoms with van der Waals surface area (Å²) in [4.78, 5) is 71.3. The van der Waals surface area contributed by atoms with Gasteiger partial charge in [-0.2, -0.15) is 0 Å². The second kappa shape index (κ2) is 12.5. The smallest absolute Gasteiger partial charge is 0.305 e. The van der Waals surface area contributed by atoms with Crippen LogP contribution < -0.4 is 27.4 Å². The van der Waals surface area contributed by atoms with Crippen molar-refractivity contribution in [3.63, 3.8) is 0 Å². The van der Waals surface area contributed by atoms with Crippen molar-refractivity contribution in [3.8, 4) is 0 Å². The lowest BCUT2D eigenvalue weighted by molar-refractivity contribution is -0.164. The summed E-state index contributed by atoms with van der Waals surface area (Å²) >= 11 is 0. The number of nitrogens with zero attached hydrogens (tertiary/aromatic N) is 2. The van der Waals surface area contributed by atoms with Gasteiger partial charge in [0.15, 0.2) is 5.96 Å². The summed E-state index contributed by atoms with van der Waals surface area (Å²) in [6.45, 7) is 0.165. The van der Waals surface area contributed by atoms with Gasteiger partial charge in [-0.1, -0.05) is 60.7 Å². The third-order valence-corrected chi connectivity index (χ3v) is 7.09. The summed E-state index contributed by atoms with van der Waals surface area (Å²) in [6, 6.07) is 13.9. The third kappa shape index (κ3) is 6.80. The maximum atomic E-state index is 13.9. The zero-order valence-electron chi connectivity index (χ0n) is 22.3. The van der Waals surface area contributed by atoms with Gasteiger partial charge in [0, 0.05) is 13.0 Å². The highest BCUT2D eigenvalue weighted by atomic mass is 16.4. The number of hydrogen-bond donors (Lipinski definition) is 6. The molecule has 8 N–H and O–H groups in total. The zero-order valence-corrected chi connectivity index (χ0v) is 22.3. The number of carbonyl (C=O) groups is 5. The van der Waals surface area contributed by atoms with E-state index in [0.29, 0.717) is 12.0 Å². The number of benzene rings is 2. The largest absolute Gasteiger partial charge is 0.481 e. The molecule has 3 aliphatic rings. The number of rotatable bonds is 9. The van der Waals surface area contributed by atoms with E-state index in [1.165, 1.54) is 4.90 Å². The van der Waals surface area contributed by atoms with Crippen molar-refractivity contribution in [2.75, 3.05) is 13.1 Å². The monoisotopic (exact) mass is 563 g/mol. The Balaban J connectivity index is 1.72. The molecule has 4 amide bonds. The quantitative estimate of drug-likeness (QED) is 0.0744. The number of β-lactam (4-membered cyclic amide) rings is 1. The second-order valence-electron chi connectivity index (χ2n) is 10.1. The van der Waals surface area contributed by atoms with Crippen LogP contribution in [-0.2, 0) is 30.4 Å². The predicted octanol–water partition coefficient (Wildman–Crippen LogP) is -0.821. The predicted molar refractivity (Wildman–Crippen MR) is 148 cm³/mol. The second-order valence-corrected chi connectivity index (χ2v) is 10.1. The van der Waals surface area contributed by atoms with Crippen LogP contribution in [0.25, 0.3) is 0 Å². The lowest BCUT2D eigenvalue weighted by atomic mass is 9.79. The molecule has 0 aromatic heterocycles. The molecule has 2 bridgehead atoms. The van der Waals surface area contributed by atoms with Crippen LogP contribution in [0.3, 0.4) is 0 Å². The average molecular weight is 564 g/mol. The molecule has 41 heavy (non-hydrogen) atoms. The van der Waals surface area contributed by atoms with Gasteiger partial charge in [-0.15, -0.1) is 0 Å². The lowest BCUT2D eigenvalue weighted by Crippen LogP contribution is -2.78. The number of hydrogen-bond acceptors (Lipinski definition) is 6. The van der Waals surface area contributed by atoms with E-state index in [1.807, 2.05) is 6.07 Å². The van der Waals surface area contributed by atoms with Crippen molar-refractivity contribution in [3.05, 3.63) is 71.8 Å². The van der Waals surface area contributed by atoms with Crippen LogP contribution in [0.4, 0.5) is 0 Å². The number of fused-ring (bicyclic) bond motifs is 8. The Labute approximate surface area is 236 Å². The van der Waals surface area contributed by atoms with E-state index < -0.39 is 59.7 Å². The lowest BCUT2D eigenvalue weighted by Gasteiger charge is -2.52. The highest BCUT2D eigenvalue weighted by molar-refractivity contribution is 6.03. The van der Waals surface area contributed by atoms with Crippen molar-refractivity contribution in [2.24, 2.45) is 16.5 Å². The molecule has 3 heterocycles. The molecule has 4 atom stereocenters. The Morgan fingerprint density at radius 1 is 0.927 bits per heavy atom. The minimum absolute atomic E-state index is 0.0116. The molecule has 0 radical (unpaired) electrons. The Hall–Kier alpha value is -4.94. The van der Waals surface area contributed by atoms with Gasteiger partial charge in [0.1, 0.15) is 23.7 Å². The van der Waals surface area contributed by atoms with Gasteiger partial charge in [-0.3, -0.25) is 29.0 Å². The molecule has 0 spiro atoms. The summed E-state index contributed by atoms with van der Waals surface area (Å²) in [5.74, 6) is -4.11. The van der Waals surface area contributed by atoms with Crippen LogP contribution in [0.2, 0.25) is 0 Å². The molecule has 2 aromatic rings. The summed E-state index contributed by atoms with van der Waals surface area (Å²) in [5.41, 5.74) is 10.6. The molecule has 3 fully saturated rings. The maximum Gasteiger partial charge on any atom is 0.305 e. The first kappa shape index (κ1) is 29.1. The van der Waals surface area contributed by atoms with Crippen LogP contribution >= 0.6 is 0 Å². The molecule has 13 heteroatoms. The van der Waals surface area contributed by atoms with Gasteiger partial charge < -0.3 is 37.4 Å². The van der Waals surface area contributed by atoms with Crippen LogP contribution in [0.5, 0.6) is 0 Å². The highest BCUT2D eigenvalue weighted by Crippen LogP contribution is 2.36. The fourth-order valence-corrected chi connectivity index (χ4v) is 5.15. The Bertz CT molecular complexity index is 1330. The summed E-state index contributed by atoms with van der Waals surface area (Å²) in [5, 5.41) is 17.4. The van der Waals surface area contributed by atoms with Gasteiger partial charge in [-0.05, 0) is 24.0 Å². The maximum absolute atomic E-state index is 13.9. The number of carbonyl (C=O) groups excluding carboxylic acids is 4. The van der Waals surface area contributed by atoms with Gasteiger partial charge in [0.2, 0.25) is 17.7 Å². The van der Waals surface area contributed by atoms with Crippen LogP contribution in [0, 0.1) is 0 Å². The van der Waals surface area contributed by atoms with E-state index in [2.05, 4.69) is 20.9 Å². The minimum Gasteiger partial charge on any atom is -0.481 e. The third-order valence-electron chi connectivity index (χ3n) is 7.09. The van der Waals surface area contributed by atoms with E-state index in [-0.39, 0.29) is 31.9 Å². The van der Waals surface area contributed by atoms with E-state index in [0.717, 1.165) is 5.56 Å². The number of aliphatic carboxylic acids is 1. The molecule has 3 saturated heterocycles. The van der Waals surface area contributed by atoms with Crippen molar-refractivity contribution in [1.82, 2.24) is 20.9 Å². The summed E-state index contributed by atoms with van der Waals surface area (Å²) in [6.07, 6.45) is -0.231. The summed E-state index contributed by atoms with van der Waals surface area (Å²) in [7, 11) is 0. The van der Waals surface area contributed by atoms with Crippen LogP contribution in [0.1, 0.15) is 36.4 Å². The SMILES string of the molecule is NC(N)=NCCC[C@@H]1NC(=O)[C@@H](c2ccccc2)N2C[C@](Cc3ccccc3)(NC(=O)[C@H](CC(=O)O)NC1=O)C2=O. The van der Waals surface area contributed by atoms with Crippen molar-refractivity contribution in [1.29, 1.82) is 0 Å². The number of carboxylic acids is 1. The Morgan fingerprint density at radius 2 is 1.56 bits per heavy atom. The van der Waals surface area contributed by atoms with E-state index in [1.54, 1.807) is 54.6 Å². The van der Waals surface area contributed by atoms with Gasteiger partial charge in [-0.25, -0.2) is 0 Å². The number of carboxylic acid groups (broad SMARTS) is 1. The Morgan fingerprint density at radius 3 is 2.17 bits per heavy atom. The van der Waals surface area contributed by atoms with Gasteiger partial charge in [0.25, 0.3) is 5.91 Å². The first-order chi connectivity index (χ1) is 19.6. The van der Waals surface area contributed by atoms with E-state index in [4.69, 9.17) is 11.5 Å². The minimum atomic E-state index is -1.49. The molecule has 216 valence electrons. The zero-order chi connectivity index (χ0) is 29.6. The first-order valence-corrected chi connectivity index (χ1v) is 13.2. The molecular formula is C28H33N7O6. The molecular weight excluding hydrogens is 530 g/mol. The fraction of sp³-hybridized carbons (Fsp3) is 0.357. The number of nitrogens with one attached hydrogen (secondary N) is 3. The van der Waals surface area contributed by atoms with Crippen LogP contribution in [-0.4, -0.2) is 76.3 Å². The molecule has 0 aliphatic carbocycles. The molecule has 2 aromatic carbocycles. The topological polar surface area (TPSA) is 209 Å². The van der Waals surface area contributed by atoms with E-state index >= 15 is 0 Å². The molecule has 3 aliphatic heterocycles. The molecule has 13 nitrogen and oxygen atoms in total. The fourth-order valence-electron chi connectivity index (χ4n) is 5.15. The van der Waals surface area contributed by atoms with Crippen molar-refractivity contribution in [2.45, 2.75) is 49.3 Å². The first-order valence-electron chi connectivity index (χ1n) is 13.2. The van der Waals surface area contributed by atoms with Gasteiger partial charge in [0.05, 0.1) is 13.0 Å². The number of amides is 4. The van der Waals surface area contributed by atoms with Crippen LogP contribution in [0.15, 0.2) is 65.7 Å². The highest BCUT2D eigenvalue weighted by Gasteiger charge is 2.57. The van der Waals surface area contributed by atoms with E-state index in [9.17, 15) is 29.1 Å². The van der Waals surface area contributed by atoms with Crippen molar-refractivity contribution >= 4 is 35.6 Å². The molecule has 0 unspecified atom stereocenters.